The Morgan fingerprint density at radius 2 is 1.79 bits per heavy atom. The van der Waals surface area contributed by atoms with E-state index in [-0.39, 0.29) is 11.7 Å². The summed E-state index contributed by atoms with van der Waals surface area (Å²) in [6, 6.07) is 14.9. The van der Waals surface area contributed by atoms with Crippen molar-refractivity contribution in [3.05, 3.63) is 60.4 Å². The highest BCUT2D eigenvalue weighted by Gasteiger charge is 2.38. The van der Waals surface area contributed by atoms with Gasteiger partial charge in [-0.3, -0.25) is 4.79 Å². The molecule has 2 aromatic carbocycles. The molecule has 1 heterocycles. The van der Waals surface area contributed by atoms with Crippen LogP contribution in [0.25, 0.3) is 0 Å². The lowest BCUT2D eigenvalue weighted by atomic mass is 10.0. The molecule has 0 spiro atoms. The summed E-state index contributed by atoms with van der Waals surface area (Å²) in [4.78, 5) is 12.8. The number of carbonyl (C=O) groups excluding carboxylic acids is 1. The summed E-state index contributed by atoms with van der Waals surface area (Å²) in [7, 11) is 0. The molecule has 4 nitrogen and oxygen atoms in total. The molecule has 2 aromatic rings. The molecule has 0 aromatic heterocycles. The molecule has 1 amide bonds. The minimum absolute atomic E-state index is 0.263. The first-order valence-electron chi connectivity index (χ1n) is 7.93. The van der Waals surface area contributed by atoms with Gasteiger partial charge in [0.05, 0.1) is 11.4 Å². The average molecular weight is 326 g/mol. The van der Waals surface area contributed by atoms with Crippen molar-refractivity contribution in [2.24, 2.45) is 11.0 Å². The van der Waals surface area contributed by atoms with Crippen LogP contribution in [-0.2, 0) is 4.79 Å². The Morgan fingerprint density at radius 3 is 2.42 bits per heavy atom. The molecule has 0 saturated heterocycles. The first-order chi connectivity index (χ1) is 11.5. The van der Waals surface area contributed by atoms with Crippen LogP contribution < -0.4 is 9.75 Å². The van der Waals surface area contributed by atoms with Crippen molar-refractivity contribution in [3.63, 3.8) is 0 Å². The van der Waals surface area contributed by atoms with E-state index in [0.29, 0.717) is 29.5 Å². The predicted molar refractivity (Wildman–Crippen MR) is 91.6 cm³/mol. The van der Waals surface area contributed by atoms with Crippen molar-refractivity contribution in [2.75, 3.05) is 5.01 Å². The van der Waals surface area contributed by atoms with Crippen molar-refractivity contribution >= 4 is 17.3 Å². The Balaban J connectivity index is 1.88. The molecule has 0 fully saturated rings. The third-order valence-corrected chi connectivity index (χ3v) is 3.65. The molecular formula is C19H19FN2O2. The molecule has 24 heavy (non-hydrogen) atoms. The van der Waals surface area contributed by atoms with Gasteiger partial charge in [0.1, 0.15) is 11.6 Å². The van der Waals surface area contributed by atoms with E-state index in [1.807, 2.05) is 18.2 Å². The number of hydrogen-bond donors (Lipinski definition) is 0. The summed E-state index contributed by atoms with van der Waals surface area (Å²) in [6.07, 6.45) is -0.0964. The van der Waals surface area contributed by atoms with E-state index in [1.54, 1.807) is 12.1 Å². The Kier molecular flexibility index (Phi) is 4.60. The Bertz CT molecular complexity index is 742. The summed E-state index contributed by atoms with van der Waals surface area (Å²) < 4.78 is 19.0. The smallest absolute Gasteiger partial charge is 0.294 e. The SMILES string of the molecule is CC(C)CC1=NN(c2ccc(F)cc2)C(=O)C1Oc1ccccc1. The van der Waals surface area contributed by atoms with E-state index in [2.05, 4.69) is 18.9 Å². The van der Waals surface area contributed by atoms with E-state index in [4.69, 9.17) is 4.74 Å². The zero-order valence-corrected chi connectivity index (χ0v) is 13.6. The van der Waals surface area contributed by atoms with Gasteiger partial charge in [-0.05, 0) is 48.7 Å². The molecule has 1 aliphatic heterocycles. The molecule has 5 heteroatoms. The van der Waals surface area contributed by atoms with E-state index in [9.17, 15) is 9.18 Å². The minimum atomic E-state index is -0.750. The monoisotopic (exact) mass is 326 g/mol. The second kappa shape index (κ2) is 6.83. The minimum Gasteiger partial charge on any atom is -0.474 e. The van der Waals surface area contributed by atoms with Gasteiger partial charge in [0.25, 0.3) is 5.91 Å². The highest BCUT2D eigenvalue weighted by Crippen LogP contribution is 2.26. The molecule has 0 radical (unpaired) electrons. The predicted octanol–water partition coefficient (Wildman–Crippen LogP) is 4.02. The van der Waals surface area contributed by atoms with Crippen LogP contribution in [-0.4, -0.2) is 17.7 Å². The first kappa shape index (κ1) is 16.2. The van der Waals surface area contributed by atoms with E-state index >= 15 is 0 Å². The number of ether oxygens (including phenoxy) is 1. The quantitative estimate of drug-likeness (QED) is 0.833. The number of halogens is 1. The molecule has 0 bridgehead atoms. The fourth-order valence-electron chi connectivity index (χ4n) is 2.57. The van der Waals surface area contributed by atoms with Gasteiger partial charge < -0.3 is 4.74 Å². The normalized spacial score (nSPS) is 17.3. The third kappa shape index (κ3) is 3.45. The van der Waals surface area contributed by atoms with Crippen molar-refractivity contribution in [3.8, 4) is 5.75 Å². The number of para-hydroxylation sites is 1. The summed E-state index contributed by atoms with van der Waals surface area (Å²) in [5, 5.41) is 5.74. The number of hydrazone groups is 1. The molecule has 1 atom stereocenters. The number of amides is 1. The van der Waals surface area contributed by atoms with Gasteiger partial charge in [-0.2, -0.15) is 10.1 Å². The molecular weight excluding hydrogens is 307 g/mol. The van der Waals surface area contributed by atoms with Crippen molar-refractivity contribution in [1.29, 1.82) is 0 Å². The van der Waals surface area contributed by atoms with Gasteiger partial charge in [0, 0.05) is 0 Å². The summed E-state index contributed by atoms with van der Waals surface area (Å²) >= 11 is 0. The fourth-order valence-corrected chi connectivity index (χ4v) is 2.57. The van der Waals surface area contributed by atoms with Crippen LogP contribution in [0.3, 0.4) is 0 Å². The molecule has 3 rings (SSSR count). The highest BCUT2D eigenvalue weighted by molar-refractivity contribution is 6.18. The second-order valence-corrected chi connectivity index (χ2v) is 6.13. The van der Waals surface area contributed by atoms with Gasteiger partial charge in [0.2, 0.25) is 6.10 Å². The molecule has 0 aliphatic carbocycles. The number of nitrogens with zero attached hydrogens (tertiary/aromatic N) is 2. The van der Waals surface area contributed by atoms with E-state index in [1.165, 1.54) is 29.3 Å². The molecule has 1 unspecified atom stereocenters. The zero-order chi connectivity index (χ0) is 17.1. The van der Waals surface area contributed by atoms with Crippen LogP contribution >= 0.6 is 0 Å². The van der Waals surface area contributed by atoms with Gasteiger partial charge in [-0.1, -0.05) is 32.0 Å². The Labute approximate surface area is 140 Å². The standard InChI is InChI=1S/C19H19FN2O2/c1-13(2)12-17-18(24-16-6-4-3-5-7-16)19(23)22(21-17)15-10-8-14(20)9-11-15/h3-11,13,18H,12H2,1-2H3. The zero-order valence-electron chi connectivity index (χ0n) is 13.6. The maximum atomic E-state index is 13.1. The lowest BCUT2D eigenvalue weighted by molar-refractivity contribution is -0.121. The molecule has 1 aliphatic rings. The number of carbonyl (C=O) groups is 1. The maximum Gasteiger partial charge on any atom is 0.294 e. The van der Waals surface area contributed by atoms with Crippen molar-refractivity contribution < 1.29 is 13.9 Å². The Hall–Kier alpha value is -2.69. The highest BCUT2D eigenvalue weighted by atomic mass is 19.1. The summed E-state index contributed by atoms with van der Waals surface area (Å²) in [5.41, 5.74) is 1.21. The Morgan fingerprint density at radius 1 is 1.12 bits per heavy atom. The number of anilines is 1. The van der Waals surface area contributed by atoms with Gasteiger partial charge in [-0.25, -0.2) is 4.39 Å². The lowest BCUT2D eigenvalue weighted by Gasteiger charge is -2.16. The summed E-state index contributed by atoms with van der Waals surface area (Å²) in [6.45, 7) is 4.13. The van der Waals surface area contributed by atoms with Gasteiger partial charge in [-0.15, -0.1) is 0 Å². The topological polar surface area (TPSA) is 41.9 Å². The van der Waals surface area contributed by atoms with Crippen LogP contribution in [0.4, 0.5) is 10.1 Å². The van der Waals surface area contributed by atoms with Crippen LogP contribution in [0.2, 0.25) is 0 Å². The fraction of sp³-hybridized carbons (Fsp3) is 0.263. The number of rotatable bonds is 5. The van der Waals surface area contributed by atoms with Gasteiger partial charge in [0.15, 0.2) is 0 Å². The number of hydrogen-bond acceptors (Lipinski definition) is 3. The van der Waals surface area contributed by atoms with Crippen molar-refractivity contribution in [2.45, 2.75) is 26.4 Å². The molecule has 0 N–H and O–H groups in total. The third-order valence-electron chi connectivity index (χ3n) is 3.65. The van der Waals surface area contributed by atoms with Gasteiger partial charge >= 0.3 is 0 Å². The van der Waals surface area contributed by atoms with Crippen LogP contribution in [0.5, 0.6) is 5.75 Å². The van der Waals surface area contributed by atoms with E-state index in [0.717, 1.165) is 0 Å². The lowest BCUT2D eigenvalue weighted by Crippen LogP contribution is -2.37. The average Bonchev–Trinajstić information content (AvgIpc) is 2.85. The largest absolute Gasteiger partial charge is 0.474 e. The molecule has 124 valence electrons. The first-order valence-corrected chi connectivity index (χ1v) is 7.93. The summed E-state index contributed by atoms with van der Waals surface area (Å²) in [5.74, 6) is 0.342. The second-order valence-electron chi connectivity index (χ2n) is 6.13. The van der Waals surface area contributed by atoms with Crippen molar-refractivity contribution in [1.82, 2.24) is 0 Å². The van der Waals surface area contributed by atoms with Crippen LogP contribution in [0, 0.1) is 11.7 Å². The molecule has 0 saturated carbocycles. The van der Waals surface area contributed by atoms with E-state index < -0.39 is 6.10 Å². The maximum absolute atomic E-state index is 13.1. The van der Waals surface area contributed by atoms with Crippen LogP contribution in [0.15, 0.2) is 59.7 Å². The number of benzene rings is 2. The van der Waals surface area contributed by atoms with Crippen LogP contribution in [0.1, 0.15) is 20.3 Å².